The molecule has 1 N–H and O–H groups in total. The molecule has 2 aromatic heterocycles. The summed E-state index contributed by atoms with van der Waals surface area (Å²) >= 11 is 1.73. The number of hydrogen-bond acceptors (Lipinski definition) is 4. The number of nitrogens with one attached hydrogen (secondary N) is 1. The van der Waals surface area contributed by atoms with Crippen molar-refractivity contribution in [3.8, 4) is 0 Å². The molecule has 5 heteroatoms. The fraction of sp³-hybridized carbons (Fsp3) is 0.333. The molecule has 0 bridgehead atoms. The number of nitrogens with zero attached hydrogens (tertiary/aromatic N) is 2. The van der Waals surface area contributed by atoms with Gasteiger partial charge in [0.2, 0.25) is 0 Å². The van der Waals surface area contributed by atoms with Crippen LogP contribution in [0, 0.1) is 6.92 Å². The van der Waals surface area contributed by atoms with Crippen LogP contribution in [0.25, 0.3) is 0 Å². The number of thiazole rings is 1. The van der Waals surface area contributed by atoms with Crippen molar-refractivity contribution in [3.63, 3.8) is 0 Å². The average Bonchev–Trinajstić information content (AvgIpc) is 3.12. The Hall–Kier alpha value is -2.24. The van der Waals surface area contributed by atoms with Crippen molar-refractivity contribution in [1.29, 1.82) is 0 Å². The maximum Gasteiger partial charge on any atom is 0.252 e. The van der Waals surface area contributed by atoms with E-state index in [4.69, 9.17) is 4.98 Å². The Kier molecular flexibility index (Phi) is 4.74. The predicted molar refractivity (Wildman–Crippen MR) is 106 cm³/mol. The second-order valence-electron chi connectivity index (χ2n) is 7.00. The molecule has 0 radical (unpaired) electrons. The van der Waals surface area contributed by atoms with Gasteiger partial charge in [-0.25, -0.2) is 4.98 Å². The smallest absolute Gasteiger partial charge is 0.252 e. The van der Waals surface area contributed by atoms with E-state index in [-0.39, 0.29) is 11.0 Å². The Morgan fingerprint density at radius 2 is 1.92 bits per heavy atom. The van der Waals surface area contributed by atoms with E-state index in [1.807, 2.05) is 12.1 Å². The third-order valence-corrected chi connectivity index (χ3v) is 6.21. The van der Waals surface area contributed by atoms with Crippen molar-refractivity contribution >= 4 is 11.3 Å². The van der Waals surface area contributed by atoms with Gasteiger partial charge in [0, 0.05) is 29.1 Å². The molecular formula is C21H23N3OS. The zero-order valence-corrected chi connectivity index (χ0v) is 15.8. The molecule has 3 aromatic rings. The van der Waals surface area contributed by atoms with Crippen LogP contribution < -0.4 is 5.56 Å². The van der Waals surface area contributed by atoms with E-state index in [0.717, 1.165) is 36.5 Å². The van der Waals surface area contributed by atoms with Gasteiger partial charge in [-0.15, -0.1) is 11.3 Å². The summed E-state index contributed by atoms with van der Waals surface area (Å²) in [6, 6.07) is 14.6. The standard InChI is InChI=1S/C21H23N3OS/c1-16-23-19(15-26-16)21(18-7-3-2-4-8-18)9-12-24(13-10-21)14-17-6-5-11-22-20(17)25/h2-8,11,15H,9-10,12-14H2,1H3,(H,22,25). The van der Waals surface area contributed by atoms with E-state index in [2.05, 4.69) is 52.5 Å². The van der Waals surface area contributed by atoms with Crippen LogP contribution >= 0.6 is 11.3 Å². The molecule has 0 atom stereocenters. The van der Waals surface area contributed by atoms with E-state index in [1.165, 1.54) is 11.3 Å². The molecule has 1 aliphatic heterocycles. The first kappa shape index (κ1) is 17.2. The number of aromatic amines is 1. The summed E-state index contributed by atoms with van der Waals surface area (Å²) in [4.78, 5) is 22.0. The van der Waals surface area contributed by atoms with Crippen molar-refractivity contribution in [3.05, 3.63) is 86.2 Å². The highest BCUT2D eigenvalue weighted by Gasteiger charge is 2.39. The minimum Gasteiger partial charge on any atom is -0.329 e. The van der Waals surface area contributed by atoms with Crippen LogP contribution in [0.2, 0.25) is 0 Å². The monoisotopic (exact) mass is 365 g/mol. The van der Waals surface area contributed by atoms with Crippen LogP contribution in [0.1, 0.15) is 34.7 Å². The fourth-order valence-corrected chi connectivity index (χ4v) is 4.66. The van der Waals surface area contributed by atoms with Gasteiger partial charge in [0.25, 0.3) is 5.56 Å². The van der Waals surface area contributed by atoms with Crippen LogP contribution in [0.5, 0.6) is 0 Å². The quantitative estimate of drug-likeness (QED) is 0.766. The van der Waals surface area contributed by atoms with E-state index in [9.17, 15) is 4.79 Å². The Labute approximate surface area is 157 Å². The lowest BCUT2D eigenvalue weighted by Crippen LogP contribution is -2.43. The van der Waals surface area contributed by atoms with Gasteiger partial charge >= 0.3 is 0 Å². The molecule has 134 valence electrons. The molecule has 26 heavy (non-hydrogen) atoms. The summed E-state index contributed by atoms with van der Waals surface area (Å²) in [5.41, 5.74) is 3.38. The third-order valence-electron chi connectivity index (χ3n) is 5.44. The third kappa shape index (κ3) is 3.24. The van der Waals surface area contributed by atoms with Crippen LogP contribution in [0.3, 0.4) is 0 Å². The maximum absolute atomic E-state index is 12.0. The van der Waals surface area contributed by atoms with E-state index >= 15 is 0 Å². The number of piperidine rings is 1. The van der Waals surface area contributed by atoms with Crippen molar-refractivity contribution < 1.29 is 0 Å². The summed E-state index contributed by atoms with van der Waals surface area (Å²) in [6.07, 6.45) is 3.73. The van der Waals surface area contributed by atoms with Crippen LogP contribution in [-0.4, -0.2) is 28.0 Å². The lowest BCUT2D eigenvalue weighted by Gasteiger charge is -2.41. The number of aromatic nitrogens is 2. The maximum atomic E-state index is 12.0. The first-order valence-corrected chi connectivity index (χ1v) is 9.92. The number of aryl methyl sites for hydroxylation is 1. The first-order chi connectivity index (χ1) is 12.7. The first-order valence-electron chi connectivity index (χ1n) is 9.04. The SMILES string of the molecule is Cc1nc(C2(c3ccccc3)CCN(Cc3ccc[nH]c3=O)CC2)cs1. The largest absolute Gasteiger partial charge is 0.329 e. The van der Waals surface area contributed by atoms with Crippen molar-refractivity contribution in [2.75, 3.05) is 13.1 Å². The van der Waals surface area contributed by atoms with Gasteiger partial charge in [-0.2, -0.15) is 0 Å². The normalized spacial score (nSPS) is 17.3. The number of pyridine rings is 1. The molecule has 1 aliphatic rings. The number of H-pyrrole nitrogens is 1. The second-order valence-corrected chi connectivity index (χ2v) is 8.06. The van der Waals surface area contributed by atoms with E-state index < -0.39 is 0 Å². The average molecular weight is 366 g/mol. The van der Waals surface area contributed by atoms with Gasteiger partial charge in [-0.3, -0.25) is 9.69 Å². The van der Waals surface area contributed by atoms with E-state index in [0.29, 0.717) is 6.54 Å². The van der Waals surface area contributed by atoms with Gasteiger partial charge in [0.15, 0.2) is 0 Å². The molecule has 4 rings (SSSR count). The minimum absolute atomic E-state index is 0.0162. The molecule has 1 aromatic carbocycles. The molecule has 0 aliphatic carbocycles. The Morgan fingerprint density at radius 1 is 1.15 bits per heavy atom. The Bertz CT molecular complexity index is 923. The molecule has 0 amide bonds. The zero-order valence-electron chi connectivity index (χ0n) is 14.9. The molecule has 0 unspecified atom stereocenters. The van der Waals surface area contributed by atoms with Gasteiger partial charge in [-0.1, -0.05) is 36.4 Å². The lowest BCUT2D eigenvalue weighted by atomic mass is 9.70. The van der Waals surface area contributed by atoms with Gasteiger partial charge in [-0.05, 0) is 44.5 Å². The summed E-state index contributed by atoms with van der Waals surface area (Å²) < 4.78 is 0. The van der Waals surface area contributed by atoms with E-state index in [1.54, 1.807) is 17.5 Å². The van der Waals surface area contributed by atoms with Gasteiger partial charge in [0.1, 0.15) is 0 Å². The number of likely N-dealkylation sites (tertiary alicyclic amines) is 1. The molecule has 4 nitrogen and oxygen atoms in total. The van der Waals surface area contributed by atoms with Crippen molar-refractivity contribution in [2.45, 2.75) is 31.7 Å². The summed E-state index contributed by atoms with van der Waals surface area (Å²) in [6.45, 7) is 4.69. The molecule has 3 heterocycles. The molecular weight excluding hydrogens is 342 g/mol. The van der Waals surface area contributed by atoms with Gasteiger partial charge < -0.3 is 4.98 Å². The molecule has 1 saturated heterocycles. The summed E-state index contributed by atoms with van der Waals surface area (Å²) in [5, 5.41) is 3.34. The topological polar surface area (TPSA) is 49.0 Å². The number of hydrogen-bond donors (Lipinski definition) is 1. The van der Waals surface area contributed by atoms with Crippen molar-refractivity contribution in [1.82, 2.24) is 14.9 Å². The summed E-state index contributed by atoms with van der Waals surface area (Å²) in [5.74, 6) is 0. The molecule has 0 spiro atoms. The number of benzene rings is 1. The summed E-state index contributed by atoms with van der Waals surface area (Å²) in [7, 11) is 0. The highest BCUT2D eigenvalue weighted by atomic mass is 32.1. The molecule has 0 saturated carbocycles. The zero-order chi connectivity index (χ0) is 18.0. The molecule has 1 fully saturated rings. The second kappa shape index (κ2) is 7.17. The van der Waals surface area contributed by atoms with Gasteiger partial charge in [0.05, 0.1) is 10.7 Å². The fourth-order valence-electron chi connectivity index (χ4n) is 3.95. The lowest BCUT2D eigenvalue weighted by molar-refractivity contribution is 0.170. The Morgan fingerprint density at radius 3 is 2.58 bits per heavy atom. The van der Waals surface area contributed by atoms with Crippen LogP contribution in [0.4, 0.5) is 0 Å². The van der Waals surface area contributed by atoms with Crippen LogP contribution in [-0.2, 0) is 12.0 Å². The number of rotatable bonds is 4. The predicted octanol–water partition coefficient (Wildman–Crippen LogP) is 3.72. The van der Waals surface area contributed by atoms with Crippen molar-refractivity contribution in [2.24, 2.45) is 0 Å². The minimum atomic E-state index is -0.0222. The Balaban J connectivity index is 1.59. The highest BCUT2D eigenvalue weighted by Crippen LogP contribution is 2.42. The highest BCUT2D eigenvalue weighted by molar-refractivity contribution is 7.09. The van der Waals surface area contributed by atoms with Crippen LogP contribution in [0.15, 0.2) is 58.8 Å².